The Hall–Kier alpha value is -1.83. The first kappa shape index (κ1) is 12.6. The van der Waals surface area contributed by atoms with Gasteiger partial charge in [0.1, 0.15) is 17.2 Å². The molecule has 0 saturated heterocycles. The molecule has 2 aromatic rings. The third-order valence-electron chi connectivity index (χ3n) is 2.48. The van der Waals surface area contributed by atoms with Crippen molar-refractivity contribution >= 4 is 17.6 Å². The van der Waals surface area contributed by atoms with Crippen molar-refractivity contribution < 1.29 is 0 Å². The van der Waals surface area contributed by atoms with Gasteiger partial charge in [-0.3, -0.25) is 4.57 Å². The number of anilines is 1. The van der Waals surface area contributed by atoms with E-state index in [0.717, 1.165) is 10.6 Å². The lowest BCUT2D eigenvalue weighted by molar-refractivity contribution is 0.759. The first-order valence-corrected chi connectivity index (χ1v) is 6.22. The molecule has 0 spiro atoms. The fourth-order valence-corrected chi connectivity index (χ4v) is 2.56. The highest BCUT2D eigenvalue weighted by Gasteiger charge is 2.16. The van der Waals surface area contributed by atoms with Crippen molar-refractivity contribution in [3.63, 3.8) is 0 Å². The minimum absolute atomic E-state index is 0.199. The van der Waals surface area contributed by atoms with Gasteiger partial charge in [0.15, 0.2) is 5.16 Å². The van der Waals surface area contributed by atoms with Gasteiger partial charge >= 0.3 is 5.69 Å². The van der Waals surface area contributed by atoms with E-state index in [-0.39, 0.29) is 11.6 Å². The van der Waals surface area contributed by atoms with E-state index in [9.17, 15) is 4.79 Å². The summed E-state index contributed by atoms with van der Waals surface area (Å²) in [6, 6.07) is 0. The average Bonchev–Trinajstić information content (AvgIpc) is 2.60. The molecule has 2 heterocycles. The number of nitrogens with two attached hydrogens (primary N) is 1. The van der Waals surface area contributed by atoms with E-state index in [1.54, 1.807) is 7.05 Å². The van der Waals surface area contributed by atoms with Gasteiger partial charge in [-0.1, -0.05) is 13.8 Å². The molecule has 0 radical (unpaired) electrons. The third kappa shape index (κ3) is 2.23. The Kier molecular flexibility index (Phi) is 3.37. The summed E-state index contributed by atoms with van der Waals surface area (Å²) in [7, 11) is 1.65. The van der Waals surface area contributed by atoms with Crippen molar-refractivity contribution in [1.82, 2.24) is 24.7 Å². The molecule has 0 aliphatic heterocycles. The average molecular weight is 266 g/mol. The smallest absolute Gasteiger partial charge is 0.343 e. The maximum absolute atomic E-state index is 11.3. The van der Waals surface area contributed by atoms with Gasteiger partial charge in [-0.2, -0.15) is 0 Å². The molecule has 0 aliphatic rings. The second kappa shape index (κ2) is 4.81. The number of rotatable bonds is 3. The molecule has 0 bridgehead atoms. The summed E-state index contributed by atoms with van der Waals surface area (Å²) in [5.41, 5.74) is 6.47. The second-order valence-electron chi connectivity index (χ2n) is 4.10. The first-order chi connectivity index (χ1) is 8.50. The van der Waals surface area contributed by atoms with E-state index < -0.39 is 0 Å². The zero-order valence-corrected chi connectivity index (χ0v) is 11.2. The minimum Gasteiger partial charge on any atom is -0.383 e. The molecule has 0 atom stereocenters. The van der Waals surface area contributed by atoms with Crippen LogP contribution in [0.15, 0.2) is 21.3 Å². The predicted octanol–water partition coefficient (Wildman–Crippen LogP) is 0.755. The molecule has 2 aromatic heterocycles. The Balaban J connectivity index is 2.43. The maximum Gasteiger partial charge on any atom is 0.343 e. The normalized spacial score (nSPS) is 11.1. The molecule has 0 amide bonds. The van der Waals surface area contributed by atoms with Crippen LogP contribution in [0.4, 0.5) is 5.82 Å². The van der Waals surface area contributed by atoms with Gasteiger partial charge in [0.2, 0.25) is 0 Å². The van der Waals surface area contributed by atoms with Crippen LogP contribution < -0.4 is 11.4 Å². The standard InChI is InChI=1S/C10H14N6OS/c1-5(2)6-7(11)12-4-13-8(6)18-10-15-14-9(17)16(10)3/h4-5H,1-3H3,(H,14,17)(H2,11,12,13). The van der Waals surface area contributed by atoms with Crippen molar-refractivity contribution in [3.8, 4) is 0 Å². The Bertz CT molecular complexity index is 617. The molecular formula is C10H14N6OS. The van der Waals surface area contributed by atoms with E-state index in [1.807, 2.05) is 13.8 Å². The van der Waals surface area contributed by atoms with Crippen LogP contribution in [0, 0.1) is 0 Å². The van der Waals surface area contributed by atoms with E-state index >= 15 is 0 Å². The van der Waals surface area contributed by atoms with Gasteiger partial charge in [-0.25, -0.2) is 19.9 Å². The number of aromatic nitrogens is 5. The van der Waals surface area contributed by atoms with Crippen LogP contribution in [0.3, 0.4) is 0 Å². The molecule has 18 heavy (non-hydrogen) atoms. The molecular weight excluding hydrogens is 252 g/mol. The number of nitrogen functional groups attached to an aromatic ring is 1. The van der Waals surface area contributed by atoms with Crippen LogP contribution in [-0.4, -0.2) is 24.7 Å². The fourth-order valence-electron chi connectivity index (χ4n) is 1.53. The van der Waals surface area contributed by atoms with E-state index in [0.29, 0.717) is 11.0 Å². The lowest BCUT2D eigenvalue weighted by Gasteiger charge is -2.12. The zero-order valence-electron chi connectivity index (χ0n) is 10.3. The number of H-pyrrole nitrogens is 1. The summed E-state index contributed by atoms with van der Waals surface area (Å²) in [4.78, 5) is 19.5. The van der Waals surface area contributed by atoms with Crippen LogP contribution in [-0.2, 0) is 7.05 Å². The van der Waals surface area contributed by atoms with Crippen LogP contribution in [0.5, 0.6) is 0 Å². The van der Waals surface area contributed by atoms with Crippen LogP contribution in [0.25, 0.3) is 0 Å². The van der Waals surface area contributed by atoms with Gasteiger partial charge in [-0.15, -0.1) is 5.10 Å². The summed E-state index contributed by atoms with van der Waals surface area (Å²) in [6.45, 7) is 4.03. The summed E-state index contributed by atoms with van der Waals surface area (Å²) < 4.78 is 1.42. The van der Waals surface area contributed by atoms with Crippen molar-refractivity contribution in [2.75, 3.05) is 5.73 Å². The highest BCUT2D eigenvalue weighted by atomic mass is 32.2. The lowest BCUT2D eigenvalue weighted by Crippen LogP contribution is -2.13. The Morgan fingerprint density at radius 1 is 1.44 bits per heavy atom. The van der Waals surface area contributed by atoms with Crippen molar-refractivity contribution in [1.29, 1.82) is 0 Å². The Morgan fingerprint density at radius 2 is 2.17 bits per heavy atom. The van der Waals surface area contributed by atoms with Gasteiger partial charge in [0.05, 0.1) is 0 Å². The largest absolute Gasteiger partial charge is 0.383 e. The monoisotopic (exact) mass is 266 g/mol. The molecule has 3 N–H and O–H groups in total. The van der Waals surface area contributed by atoms with Crippen molar-refractivity contribution in [2.24, 2.45) is 7.05 Å². The molecule has 0 aliphatic carbocycles. The second-order valence-corrected chi connectivity index (χ2v) is 5.06. The van der Waals surface area contributed by atoms with E-state index in [1.165, 1.54) is 22.7 Å². The van der Waals surface area contributed by atoms with Crippen LogP contribution >= 0.6 is 11.8 Å². The fraction of sp³-hybridized carbons (Fsp3) is 0.400. The van der Waals surface area contributed by atoms with Gasteiger partial charge in [-0.05, 0) is 17.7 Å². The van der Waals surface area contributed by atoms with Gasteiger partial charge in [0, 0.05) is 12.6 Å². The predicted molar refractivity (Wildman–Crippen MR) is 68.5 cm³/mol. The van der Waals surface area contributed by atoms with E-state index in [4.69, 9.17) is 5.73 Å². The number of hydrogen-bond donors (Lipinski definition) is 2. The van der Waals surface area contributed by atoms with Crippen LogP contribution in [0.1, 0.15) is 25.3 Å². The molecule has 7 nitrogen and oxygen atoms in total. The Morgan fingerprint density at radius 3 is 2.72 bits per heavy atom. The molecule has 0 fully saturated rings. The summed E-state index contributed by atoms with van der Waals surface area (Å²) in [5.74, 6) is 0.660. The highest BCUT2D eigenvalue weighted by Crippen LogP contribution is 2.32. The number of hydrogen-bond acceptors (Lipinski definition) is 6. The molecule has 8 heteroatoms. The highest BCUT2D eigenvalue weighted by molar-refractivity contribution is 7.99. The maximum atomic E-state index is 11.3. The topological polar surface area (TPSA) is 102 Å². The Labute approximate surface area is 108 Å². The minimum atomic E-state index is -0.259. The third-order valence-corrected chi connectivity index (χ3v) is 3.55. The zero-order chi connectivity index (χ0) is 13.3. The van der Waals surface area contributed by atoms with Gasteiger partial charge in [0.25, 0.3) is 0 Å². The molecule has 2 rings (SSSR count). The van der Waals surface area contributed by atoms with Crippen molar-refractivity contribution in [2.45, 2.75) is 29.9 Å². The first-order valence-electron chi connectivity index (χ1n) is 5.40. The van der Waals surface area contributed by atoms with Gasteiger partial charge < -0.3 is 5.73 Å². The molecule has 0 aromatic carbocycles. The summed E-state index contributed by atoms with van der Waals surface area (Å²) in [6.07, 6.45) is 1.41. The summed E-state index contributed by atoms with van der Waals surface area (Å²) >= 11 is 1.29. The quantitative estimate of drug-likeness (QED) is 0.795. The molecule has 0 saturated carbocycles. The van der Waals surface area contributed by atoms with Crippen LogP contribution in [0.2, 0.25) is 0 Å². The number of nitrogens with zero attached hydrogens (tertiary/aromatic N) is 4. The number of aromatic amines is 1. The summed E-state index contributed by atoms with van der Waals surface area (Å²) in [5, 5.41) is 7.57. The number of nitrogens with one attached hydrogen (secondary N) is 1. The molecule has 0 unspecified atom stereocenters. The SMILES string of the molecule is CC(C)c1c(N)ncnc1Sc1n[nH]c(=O)n1C. The van der Waals surface area contributed by atoms with Crippen molar-refractivity contribution in [3.05, 3.63) is 22.4 Å². The van der Waals surface area contributed by atoms with E-state index in [2.05, 4.69) is 20.2 Å². The lowest BCUT2D eigenvalue weighted by atomic mass is 10.1. The molecule has 96 valence electrons.